The molecular formula is C13H22O3Si. The first-order chi connectivity index (χ1) is 7.88. The number of ether oxygens (including phenoxy) is 1. The van der Waals surface area contributed by atoms with E-state index in [1.165, 1.54) is 0 Å². The summed E-state index contributed by atoms with van der Waals surface area (Å²) in [7, 11) is -1.14. The molecule has 4 heteroatoms. The summed E-state index contributed by atoms with van der Waals surface area (Å²) in [6, 6.07) is 1.01. The Morgan fingerprint density at radius 1 is 1.35 bits per heavy atom. The van der Waals surface area contributed by atoms with Crippen molar-refractivity contribution in [3.05, 3.63) is 0 Å². The monoisotopic (exact) mass is 254 g/mol. The highest BCUT2D eigenvalue weighted by molar-refractivity contribution is 6.76. The summed E-state index contributed by atoms with van der Waals surface area (Å²) in [4.78, 5) is 23.6. The van der Waals surface area contributed by atoms with Gasteiger partial charge in [0.25, 0.3) is 0 Å². The average Bonchev–Trinajstić information content (AvgIpc) is 2.71. The molecule has 2 aliphatic carbocycles. The lowest BCUT2D eigenvalue weighted by atomic mass is 9.98. The van der Waals surface area contributed by atoms with Crippen LogP contribution < -0.4 is 0 Å². The molecule has 2 bridgehead atoms. The molecule has 0 aromatic carbocycles. The molecule has 17 heavy (non-hydrogen) atoms. The predicted molar refractivity (Wildman–Crippen MR) is 68.4 cm³/mol. The molecular weight excluding hydrogens is 232 g/mol. The van der Waals surface area contributed by atoms with Crippen LogP contribution in [0.3, 0.4) is 0 Å². The Morgan fingerprint density at radius 3 is 2.53 bits per heavy atom. The van der Waals surface area contributed by atoms with E-state index < -0.39 is 8.07 Å². The van der Waals surface area contributed by atoms with Crippen LogP contribution in [-0.2, 0) is 14.3 Å². The van der Waals surface area contributed by atoms with E-state index in [9.17, 15) is 9.59 Å². The van der Waals surface area contributed by atoms with Crippen molar-refractivity contribution in [1.82, 2.24) is 0 Å². The number of hydrogen-bond acceptors (Lipinski definition) is 3. The molecule has 2 saturated carbocycles. The van der Waals surface area contributed by atoms with Crippen molar-refractivity contribution < 1.29 is 14.3 Å². The summed E-state index contributed by atoms with van der Waals surface area (Å²) in [6.45, 7) is 7.34. The summed E-state index contributed by atoms with van der Waals surface area (Å²) in [5.41, 5.74) is 0. The van der Waals surface area contributed by atoms with Gasteiger partial charge in [-0.1, -0.05) is 19.6 Å². The number of carbonyl (C=O) groups is 2. The summed E-state index contributed by atoms with van der Waals surface area (Å²) >= 11 is 0. The van der Waals surface area contributed by atoms with Gasteiger partial charge in [-0.2, -0.15) is 0 Å². The van der Waals surface area contributed by atoms with E-state index >= 15 is 0 Å². The van der Waals surface area contributed by atoms with Crippen LogP contribution in [0.5, 0.6) is 0 Å². The Labute approximate surface area is 104 Å². The molecule has 0 spiro atoms. The van der Waals surface area contributed by atoms with Gasteiger partial charge < -0.3 is 4.74 Å². The molecule has 3 atom stereocenters. The second kappa shape index (κ2) is 4.56. The SMILES string of the molecule is C[Si](C)(C)CCOC(=O)C1C2CCC1C(=O)C2. The van der Waals surface area contributed by atoms with E-state index in [0.717, 1.165) is 18.9 Å². The van der Waals surface area contributed by atoms with Crippen molar-refractivity contribution in [3.8, 4) is 0 Å². The van der Waals surface area contributed by atoms with Gasteiger partial charge in [0.15, 0.2) is 0 Å². The van der Waals surface area contributed by atoms with Crippen molar-refractivity contribution in [2.45, 2.75) is 44.9 Å². The molecule has 0 heterocycles. The lowest BCUT2D eigenvalue weighted by Crippen LogP contribution is -2.27. The fourth-order valence-electron chi connectivity index (χ4n) is 2.99. The molecule has 0 aromatic heterocycles. The molecule has 2 rings (SSSR count). The molecule has 0 radical (unpaired) electrons. The van der Waals surface area contributed by atoms with Crippen LogP contribution in [0.1, 0.15) is 19.3 Å². The van der Waals surface area contributed by atoms with Crippen LogP contribution in [0.2, 0.25) is 25.7 Å². The number of fused-ring (bicyclic) bond motifs is 2. The highest BCUT2D eigenvalue weighted by Crippen LogP contribution is 2.47. The first-order valence-electron chi connectivity index (χ1n) is 6.58. The van der Waals surface area contributed by atoms with Gasteiger partial charge in [-0.3, -0.25) is 9.59 Å². The molecule has 0 amide bonds. The number of Topliss-reactive ketones (excluding diaryl/α,β-unsaturated/α-hetero) is 1. The summed E-state index contributed by atoms with van der Waals surface area (Å²) in [5.74, 6) is 0.338. The van der Waals surface area contributed by atoms with Gasteiger partial charge in [0.1, 0.15) is 5.78 Å². The second-order valence-electron chi connectivity index (χ2n) is 6.62. The molecule has 2 aliphatic rings. The van der Waals surface area contributed by atoms with Crippen LogP contribution in [0.25, 0.3) is 0 Å². The third-order valence-electron chi connectivity index (χ3n) is 4.04. The van der Waals surface area contributed by atoms with Gasteiger partial charge in [0, 0.05) is 20.4 Å². The van der Waals surface area contributed by atoms with Gasteiger partial charge in [0.2, 0.25) is 0 Å². The number of esters is 1. The lowest BCUT2D eigenvalue weighted by Gasteiger charge is -2.18. The fraction of sp³-hybridized carbons (Fsp3) is 0.846. The highest BCUT2D eigenvalue weighted by atomic mass is 28.3. The minimum atomic E-state index is -1.14. The molecule has 0 N–H and O–H groups in total. The van der Waals surface area contributed by atoms with E-state index in [2.05, 4.69) is 19.6 Å². The first kappa shape index (κ1) is 12.8. The summed E-state index contributed by atoms with van der Waals surface area (Å²) < 4.78 is 5.37. The first-order valence-corrected chi connectivity index (χ1v) is 10.3. The van der Waals surface area contributed by atoms with Crippen molar-refractivity contribution >= 4 is 19.8 Å². The quantitative estimate of drug-likeness (QED) is 0.572. The highest BCUT2D eigenvalue weighted by Gasteiger charge is 2.51. The Balaban J connectivity index is 1.83. The second-order valence-corrected chi connectivity index (χ2v) is 12.2. The summed E-state index contributed by atoms with van der Waals surface area (Å²) in [5, 5.41) is 0. The van der Waals surface area contributed by atoms with Crippen molar-refractivity contribution in [1.29, 1.82) is 0 Å². The average molecular weight is 254 g/mol. The minimum absolute atomic E-state index is 0.0145. The molecule has 96 valence electrons. The maximum Gasteiger partial charge on any atom is 0.309 e. The van der Waals surface area contributed by atoms with E-state index in [0.29, 0.717) is 13.0 Å². The van der Waals surface area contributed by atoms with E-state index in [1.807, 2.05) is 0 Å². The fourth-order valence-corrected chi connectivity index (χ4v) is 3.71. The van der Waals surface area contributed by atoms with Crippen LogP contribution >= 0.6 is 0 Å². The zero-order valence-corrected chi connectivity index (χ0v) is 12.0. The lowest BCUT2D eigenvalue weighted by molar-refractivity contribution is -0.150. The number of ketones is 1. The zero-order valence-electron chi connectivity index (χ0n) is 11.0. The standard InChI is InChI=1S/C13H22O3Si/c1-17(2,3)7-6-16-13(15)12-9-4-5-10(12)11(14)8-9/h9-10,12H,4-8H2,1-3H3. The third-order valence-corrected chi connectivity index (χ3v) is 5.74. The summed E-state index contributed by atoms with van der Waals surface area (Å²) in [6.07, 6.45) is 2.54. The molecule has 2 fully saturated rings. The predicted octanol–water partition coefficient (Wildman–Crippen LogP) is 2.48. The minimum Gasteiger partial charge on any atom is -0.466 e. The van der Waals surface area contributed by atoms with Gasteiger partial charge in [-0.25, -0.2) is 0 Å². The van der Waals surface area contributed by atoms with Crippen molar-refractivity contribution in [2.75, 3.05) is 6.61 Å². The normalized spacial score (nSPS) is 31.9. The Kier molecular flexibility index (Phi) is 3.43. The number of rotatable bonds is 4. The van der Waals surface area contributed by atoms with Crippen LogP contribution in [0.15, 0.2) is 0 Å². The van der Waals surface area contributed by atoms with Gasteiger partial charge >= 0.3 is 5.97 Å². The van der Waals surface area contributed by atoms with Gasteiger partial charge in [-0.05, 0) is 24.8 Å². The van der Waals surface area contributed by atoms with Crippen LogP contribution in [0, 0.1) is 17.8 Å². The largest absolute Gasteiger partial charge is 0.466 e. The molecule has 0 aromatic rings. The van der Waals surface area contributed by atoms with Crippen LogP contribution in [0.4, 0.5) is 0 Å². The maximum absolute atomic E-state index is 12.0. The third kappa shape index (κ3) is 2.79. The Morgan fingerprint density at radius 2 is 2.06 bits per heavy atom. The van der Waals surface area contributed by atoms with E-state index in [4.69, 9.17) is 4.74 Å². The Hall–Kier alpha value is -0.643. The Bertz CT molecular complexity index is 332. The molecule has 3 unspecified atom stereocenters. The molecule has 3 nitrogen and oxygen atoms in total. The number of carbonyl (C=O) groups excluding carboxylic acids is 2. The zero-order chi connectivity index (χ0) is 12.6. The molecule has 0 saturated heterocycles. The maximum atomic E-state index is 12.0. The molecule has 0 aliphatic heterocycles. The smallest absolute Gasteiger partial charge is 0.309 e. The van der Waals surface area contributed by atoms with Gasteiger partial charge in [0.05, 0.1) is 12.5 Å². The number of hydrogen-bond donors (Lipinski definition) is 0. The van der Waals surface area contributed by atoms with E-state index in [1.54, 1.807) is 0 Å². The van der Waals surface area contributed by atoms with E-state index in [-0.39, 0.29) is 29.5 Å². The van der Waals surface area contributed by atoms with Crippen molar-refractivity contribution in [2.24, 2.45) is 17.8 Å². The van der Waals surface area contributed by atoms with Crippen molar-refractivity contribution in [3.63, 3.8) is 0 Å². The topological polar surface area (TPSA) is 43.4 Å². The van der Waals surface area contributed by atoms with Crippen LogP contribution in [-0.4, -0.2) is 26.4 Å². The van der Waals surface area contributed by atoms with Gasteiger partial charge in [-0.15, -0.1) is 0 Å².